The van der Waals surface area contributed by atoms with Crippen LogP contribution in [0, 0.1) is 0 Å². The summed E-state index contributed by atoms with van der Waals surface area (Å²) in [6.07, 6.45) is 16.3. The quantitative estimate of drug-likeness (QED) is 0.291. The summed E-state index contributed by atoms with van der Waals surface area (Å²) in [5, 5.41) is 0. The van der Waals surface area contributed by atoms with Crippen LogP contribution in [0.3, 0.4) is 0 Å². The van der Waals surface area contributed by atoms with E-state index < -0.39 is 12.8 Å². The third-order valence-corrected chi connectivity index (χ3v) is 2.90. The summed E-state index contributed by atoms with van der Waals surface area (Å²) in [6.45, 7) is 3.61. The molecule has 0 aromatic rings. The molecule has 0 fully saturated rings. The molecule has 0 radical (unpaired) electrons. The Morgan fingerprint density at radius 3 is 2.30 bits per heavy atom. The van der Waals surface area contributed by atoms with Crippen molar-refractivity contribution >= 4 is 5.78 Å². The molecule has 0 rings (SSSR count). The average Bonchev–Trinajstić information content (AvgIpc) is 2.49. The third kappa shape index (κ3) is 16.9. The highest BCUT2D eigenvalue weighted by Crippen LogP contribution is 2.08. The number of carbonyl (C=O) groups excluding carboxylic acids is 1. The van der Waals surface area contributed by atoms with Gasteiger partial charge in [0.2, 0.25) is 0 Å². The monoisotopic (exact) mass is 279 g/mol. The predicted molar refractivity (Wildman–Crippen MR) is 89.9 cm³/mol. The fourth-order valence-corrected chi connectivity index (χ4v) is 1.76. The minimum Gasteiger partial charge on any atom is -0.300 e. The van der Waals surface area contributed by atoms with E-state index in [2.05, 4.69) is 0 Å². The Hall–Kier alpha value is -1.11. The van der Waals surface area contributed by atoms with Crippen LogP contribution in [0.4, 0.5) is 0 Å². The number of rotatable bonds is 13. The number of carbonyl (C=O) groups is 1. The van der Waals surface area contributed by atoms with Crippen LogP contribution >= 0.6 is 0 Å². The van der Waals surface area contributed by atoms with Gasteiger partial charge in [0.1, 0.15) is 5.78 Å². The highest BCUT2D eigenvalue weighted by Gasteiger charge is 1.93. The first-order chi connectivity index (χ1) is 10.9. The van der Waals surface area contributed by atoms with Crippen LogP contribution in [0.2, 0.25) is 0 Å². The van der Waals surface area contributed by atoms with E-state index >= 15 is 0 Å². The van der Waals surface area contributed by atoms with Crippen LogP contribution in [0.5, 0.6) is 0 Å². The SMILES string of the molecule is [2H]C(/C=C\CCCCCCCC(C)=O)/C=C\C([2H])([2H])/C=C\CC. The van der Waals surface area contributed by atoms with E-state index in [9.17, 15) is 4.79 Å². The zero-order chi connectivity index (χ0) is 17.6. The molecule has 0 saturated carbocycles. The van der Waals surface area contributed by atoms with E-state index in [1.807, 2.05) is 19.1 Å². The van der Waals surface area contributed by atoms with Gasteiger partial charge in [-0.3, -0.25) is 0 Å². The molecule has 20 heavy (non-hydrogen) atoms. The molecule has 0 aromatic heterocycles. The van der Waals surface area contributed by atoms with Crippen molar-refractivity contribution in [3.63, 3.8) is 0 Å². The molecular formula is C19H32O. The molecule has 114 valence electrons. The number of unbranched alkanes of at least 4 members (excludes halogenated alkanes) is 5. The fourth-order valence-electron chi connectivity index (χ4n) is 1.76. The number of Topliss-reactive ketones (excluding diaryl/α,β-unsaturated/α-hetero) is 1. The van der Waals surface area contributed by atoms with Crippen molar-refractivity contribution in [3.8, 4) is 0 Å². The molecule has 0 aliphatic rings. The second-order valence-electron chi connectivity index (χ2n) is 4.97. The van der Waals surface area contributed by atoms with Gasteiger partial charge in [-0.2, -0.15) is 0 Å². The summed E-state index contributed by atoms with van der Waals surface area (Å²) < 4.78 is 23.3. The van der Waals surface area contributed by atoms with Crippen molar-refractivity contribution in [2.75, 3.05) is 0 Å². The number of hydrogen-bond donors (Lipinski definition) is 0. The van der Waals surface area contributed by atoms with E-state index in [1.165, 1.54) is 12.2 Å². The Morgan fingerprint density at radius 2 is 1.55 bits per heavy atom. The van der Waals surface area contributed by atoms with E-state index in [0.29, 0.717) is 6.42 Å². The van der Waals surface area contributed by atoms with Crippen LogP contribution < -0.4 is 0 Å². The van der Waals surface area contributed by atoms with Crippen LogP contribution in [-0.2, 0) is 4.79 Å². The van der Waals surface area contributed by atoms with Gasteiger partial charge >= 0.3 is 0 Å². The van der Waals surface area contributed by atoms with Gasteiger partial charge in [-0.1, -0.05) is 62.6 Å². The van der Waals surface area contributed by atoms with Crippen molar-refractivity contribution in [3.05, 3.63) is 36.5 Å². The maximum Gasteiger partial charge on any atom is 0.129 e. The molecule has 1 heteroatoms. The normalized spacial score (nSPS) is 16.6. The summed E-state index contributed by atoms with van der Waals surface area (Å²) in [5.74, 6) is 0.275. The van der Waals surface area contributed by atoms with Gasteiger partial charge in [0.25, 0.3) is 0 Å². The molecule has 0 saturated heterocycles. The van der Waals surface area contributed by atoms with Gasteiger partial charge in [0, 0.05) is 10.5 Å². The minimum atomic E-state index is -1.47. The first-order valence-electron chi connectivity index (χ1n) is 9.40. The Labute approximate surface area is 130 Å². The third-order valence-electron chi connectivity index (χ3n) is 2.90. The average molecular weight is 279 g/mol. The van der Waals surface area contributed by atoms with Crippen molar-refractivity contribution in [1.29, 1.82) is 0 Å². The van der Waals surface area contributed by atoms with Gasteiger partial charge in [0.15, 0.2) is 0 Å². The zero-order valence-corrected chi connectivity index (χ0v) is 13.1. The first-order valence-corrected chi connectivity index (χ1v) is 7.83. The highest BCUT2D eigenvalue weighted by molar-refractivity contribution is 5.75. The lowest BCUT2D eigenvalue weighted by molar-refractivity contribution is -0.117. The van der Waals surface area contributed by atoms with Gasteiger partial charge in [-0.05, 0) is 45.4 Å². The molecule has 1 atom stereocenters. The lowest BCUT2D eigenvalue weighted by Gasteiger charge is -1.98. The topological polar surface area (TPSA) is 17.1 Å². The second kappa shape index (κ2) is 15.9. The van der Waals surface area contributed by atoms with Gasteiger partial charge in [0.05, 0.1) is 0 Å². The van der Waals surface area contributed by atoms with Crippen molar-refractivity contribution in [1.82, 2.24) is 0 Å². The van der Waals surface area contributed by atoms with Gasteiger partial charge in [-0.25, -0.2) is 0 Å². The summed E-state index contributed by atoms with van der Waals surface area (Å²) in [7, 11) is 0. The van der Waals surface area contributed by atoms with Crippen molar-refractivity contribution < 1.29 is 8.91 Å². The number of hydrogen-bond acceptors (Lipinski definition) is 1. The molecule has 0 heterocycles. The Balaban J connectivity index is 3.78. The molecule has 1 nitrogen and oxygen atoms in total. The molecule has 0 aliphatic carbocycles. The van der Waals surface area contributed by atoms with E-state index in [0.717, 1.165) is 44.9 Å². The maximum atomic E-state index is 10.8. The fraction of sp³-hybridized carbons (Fsp3) is 0.632. The van der Waals surface area contributed by atoms with Crippen molar-refractivity contribution in [2.24, 2.45) is 0 Å². The number of allylic oxidation sites excluding steroid dienone is 6. The maximum absolute atomic E-state index is 10.8. The molecular weight excluding hydrogens is 244 g/mol. The first kappa shape index (κ1) is 13.9. The highest BCUT2D eigenvalue weighted by atomic mass is 16.1. The van der Waals surface area contributed by atoms with E-state index in [-0.39, 0.29) is 5.78 Å². The van der Waals surface area contributed by atoms with Crippen molar-refractivity contribution in [2.45, 2.75) is 78.0 Å². The molecule has 0 spiro atoms. The van der Waals surface area contributed by atoms with Gasteiger partial charge < -0.3 is 4.79 Å². The van der Waals surface area contributed by atoms with Crippen LogP contribution in [0.1, 0.15) is 82.1 Å². The smallest absolute Gasteiger partial charge is 0.129 e. The molecule has 0 aromatic carbocycles. The summed E-state index contributed by atoms with van der Waals surface area (Å²) in [5.41, 5.74) is 0. The molecule has 0 aliphatic heterocycles. The largest absolute Gasteiger partial charge is 0.300 e. The summed E-state index contributed by atoms with van der Waals surface area (Å²) in [6, 6.07) is 0. The minimum absolute atomic E-state index is 0.275. The molecule has 0 bridgehead atoms. The van der Waals surface area contributed by atoms with Crippen LogP contribution in [0.15, 0.2) is 36.5 Å². The van der Waals surface area contributed by atoms with Gasteiger partial charge in [-0.15, -0.1) is 0 Å². The lowest BCUT2D eigenvalue weighted by Crippen LogP contribution is -1.89. The predicted octanol–water partition coefficient (Wildman–Crippen LogP) is 6.16. The molecule has 0 amide bonds. The Kier molecular flexibility index (Phi) is 11.0. The lowest BCUT2D eigenvalue weighted by atomic mass is 10.1. The summed E-state index contributed by atoms with van der Waals surface area (Å²) in [4.78, 5) is 10.8. The second-order valence-corrected chi connectivity index (χ2v) is 4.97. The van der Waals surface area contributed by atoms with E-state index in [1.54, 1.807) is 19.1 Å². The number of ketones is 1. The van der Waals surface area contributed by atoms with Crippen LogP contribution in [0.25, 0.3) is 0 Å². The molecule has 0 N–H and O–H groups in total. The van der Waals surface area contributed by atoms with Crippen LogP contribution in [-0.4, -0.2) is 5.78 Å². The standard InChI is InChI=1S/C19H32O/c1-3-4-5-6-7-8-9-10-11-12-13-14-15-16-17-18-19(2)20/h4-5,7-8,10-11H,3,6,9,12-18H2,1-2H3/b5-4-,8-7-,11-10-/i6D2,9D. The summed E-state index contributed by atoms with van der Waals surface area (Å²) >= 11 is 0. The zero-order valence-electron chi connectivity index (χ0n) is 16.1. The van der Waals surface area contributed by atoms with E-state index in [4.69, 9.17) is 4.11 Å². The Morgan fingerprint density at radius 1 is 0.900 bits per heavy atom. The molecule has 1 unspecified atom stereocenters. The Bertz CT molecular complexity index is 397.